The van der Waals surface area contributed by atoms with E-state index in [1.165, 1.54) is 0 Å². The smallest absolute Gasteiger partial charge is 0.331 e. The van der Waals surface area contributed by atoms with Gasteiger partial charge in [-0.15, -0.1) is 0 Å². The van der Waals surface area contributed by atoms with Crippen LogP contribution in [0.3, 0.4) is 0 Å². The summed E-state index contributed by atoms with van der Waals surface area (Å²) in [6.07, 6.45) is 3.24. The first-order chi connectivity index (χ1) is 14.5. The van der Waals surface area contributed by atoms with Crippen molar-refractivity contribution < 1.29 is 19.1 Å². The van der Waals surface area contributed by atoms with Crippen molar-refractivity contribution in [1.82, 2.24) is 10.2 Å². The highest BCUT2D eigenvalue weighted by atomic mass is 16.5. The van der Waals surface area contributed by atoms with E-state index in [0.717, 1.165) is 28.9 Å². The van der Waals surface area contributed by atoms with Crippen LogP contribution in [-0.4, -0.2) is 34.9 Å². The van der Waals surface area contributed by atoms with E-state index in [1.54, 1.807) is 12.1 Å². The van der Waals surface area contributed by atoms with Gasteiger partial charge in [0.15, 0.2) is 0 Å². The van der Waals surface area contributed by atoms with Crippen LogP contribution in [-0.2, 0) is 16.0 Å². The molecule has 1 N–H and O–H groups in total. The first-order valence-corrected chi connectivity index (χ1v) is 10.5. The fourth-order valence-electron chi connectivity index (χ4n) is 3.99. The first-order valence-electron chi connectivity index (χ1n) is 10.5. The lowest BCUT2D eigenvalue weighted by Gasteiger charge is -2.25. The van der Waals surface area contributed by atoms with Crippen molar-refractivity contribution in [1.29, 1.82) is 0 Å². The molecule has 0 saturated carbocycles. The maximum absolute atomic E-state index is 12.9. The van der Waals surface area contributed by atoms with Crippen LogP contribution < -0.4 is 10.1 Å². The number of imide groups is 1. The van der Waals surface area contributed by atoms with Gasteiger partial charge in [0.05, 0.1) is 0 Å². The van der Waals surface area contributed by atoms with Gasteiger partial charge in [0.25, 0.3) is 5.91 Å². The van der Waals surface area contributed by atoms with E-state index in [-0.39, 0.29) is 5.91 Å². The van der Waals surface area contributed by atoms with Gasteiger partial charge in [0, 0.05) is 6.42 Å². The van der Waals surface area contributed by atoms with E-state index in [0.29, 0.717) is 25.0 Å². The third-order valence-electron chi connectivity index (χ3n) is 5.32. The lowest BCUT2D eigenvalue weighted by molar-refractivity contribution is -0.141. The fourth-order valence-corrected chi connectivity index (χ4v) is 3.99. The van der Waals surface area contributed by atoms with E-state index >= 15 is 0 Å². The van der Waals surface area contributed by atoms with Crippen molar-refractivity contribution in [2.75, 3.05) is 6.54 Å². The number of hydrogen-bond donors (Lipinski definition) is 1. The number of urea groups is 1. The van der Waals surface area contributed by atoms with Crippen LogP contribution in [0.4, 0.5) is 4.79 Å². The van der Waals surface area contributed by atoms with Gasteiger partial charge >= 0.3 is 12.0 Å². The number of rotatable bonds is 9. The van der Waals surface area contributed by atoms with Crippen molar-refractivity contribution in [2.45, 2.75) is 51.5 Å². The Morgan fingerprint density at radius 3 is 2.27 bits per heavy atom. The van der Waals surface area contributed by atoms with Gasteiger partial charge in [-0.25, -0.2) is 9.59 Å². The highest BCUT2D eigenvalue weighted by Gasteiger charge is 2.50. The third kappa shape index (κ3) is 4.70. The minimum absolute atomic E-state index is 0.342. The minimum Gasteiger partial charge on any atom is -0.425 e. The second kappa shape index (κ2) is 9.57. The summed E-state index contributed by atoms with van der Waals surface area (Å²) in [5.41, 5.74) is 1.05. The molecule has 30 heavy (non-hydrogen) atoms. The summed E-state index contributed by atoms with van der Waals surface area (Å²) in [5.74, 6) is -0.541. The Kier molecular flexibility index (Phi) is 6.87. The van der Waals surface area contributed by atoms with Crippen molar-refractivity contribution in [3.8, 4) is 5.75 Å². The Labute approximate surface area is 177 Å². The molecule has 3 amide bonds. The van der Waals surface area contributed by atoms with Gasteiger partial charge in [-0.3, -0.25) is 9.69 Å². The minimum atomic E-state index is -0.911. The Morgan fingerprint density at radius 1 is 0.967 bits per heavy atom. The van der Waals surface area contributed by atoms with E-state index in [4.69, 9.17) is 4.74 Å². The molecule has 1 aliphatic rings. The normalized spacial score (nSPS) is 15.2. The summed E-state index contributed by atoms with van der Waals surface area (Å²) in [6, 6.07) is 16.6. The van der Waals surface area contributed by atoms with E-state index in [9.17, 15) is 14.4 Å². The molecule has 6 heteroatoms. The van der Waals surface area contributed by atoms with Crippen LogP contribution in [0.1, 0.15) is 50.7 Å². The number of carbonyl (C=O) groups excluding carboxylic acids is 3. The lowest BCUT2D eigenvalue weighted by Crippen LogP contribution is -2.47. The molecule has 1 fully saturated rings. The maximum atomic E-state index is 12.9. The number of carbonyl (C=O) groups is 3. The zero-order valence-electron chi connectivity index (χ0n) is 17.5. The topological polar surface area (TPSA) is 75.7 Å². The van der Waals surface area contributed by atoms with Gasteiger partial charge in [0.2, 0.25) is 0 Å². The molecular weight excluding hydrogens is 380 g/mol. The van der Waals surface area contributed by atoms with Crippen LogP contribution in [0.25, 0.3) is 0 Å². The van der Waals surface area contributed by atoms with Crippen molar-refractivity contribution in [2.24, 2.45) is 0 Å². The van der Waals surface area contributed by atoms with Gasteiger partial charge < -0.3 is 10.1 Å². The molecule has 2 aromatic carbocycles. The van der Waals surface area contributed by atoms with Gasteiger partial charge in [-0.2, -0.15) is 0 Å². The molecule has 0 bridgehead atoms. The number of hydrogen-bond acceptors (Lipinski definition) is 4. The molecule has 0 atom stereocenters. The molecule has 1 saturated heterocycles. The predicted octanol–water partition coefficient (Wildman–Crippen LogP) is 4.07. The van der Waals surface area contributed by atoms with E-state index < -0.39 is 24.1 Å². The molecular formula is C24H28N2O4. The molecule has 0 aliphatic carbocycles. The maximum Gasteiger partial charge on any atom is 0.331 e. The number of nitrogens with one attached hydrogen (secondary N) is 1. The van der Waals surface area contributed by atoms with Crippen LogP contribution in [0.2, 0.25) is 0 Å². The molecule has 158 valence electrons. The summed E-state index contributed by atoms with van der Waals surface area (Å²) >= 11 is 0. The summed E-state index contributed by atoms with van der Waals surface area (Å²) in [4.78, 5) is 39.0. The van der Waals surface area contributed by atoms with Crippen molar-refractivity contribution in [3.63, 3.8) is 0 Å². The van der Waals surface area contributed by atoms with Crippen LogP contribution in [0.5, 0.6) is 5.75 Å². The predicted molar refractivity (Wildman–Crippen MR) is 114 cm³/mol. The molecule has 1 aliphatic heterocycles. The van der Waals surface area contributed by atoms with E-state index in [1.807, 2.05) is 56.3 Å². The molecule has 6 nitrogen and oxygen atoms in total. The van der Waals surface area contributed by atoms with Gasteiger partial charge in [-0.1, -0.05) is 75.2 Å². The average molecular weight is 408 g/mol. The SMILES string of the molecule is CCCC1(CCC)NC(=O)N(CC(=O)Oc2ccccc2Cc2ccccc2)C1=O. The Bertz CT molecular complexity index is 904. The second-order valence-corrected chi connectivity index (χ2v) is 7.65. The molecule has 2 aromatic rings. The zero-order valence-corrected chi connectivity index (χ0v) is 17.5. The lowest BCUT2D eigenvalue weighted by atomic mass is 9.88. The number of esters is 1. The average Bonchev–Trinajstić information content (AvgIpc) is 2.95. The highest BCUT2D eigenvalue weighted by Crippen LogP contribution is 2.28. The Hall–Kier alpha value is -3.15. The van der Waals surface area contributed by atoms with Crippen LogP contribution in [0.15, 0.2) is 54.6 Å². The molecule has 1 heterocycles. The Morgan fingerprint density at radius 2 is 1.60 bits per heavy atom. The second-order valence-electron chi connectivity index (χ2n) is 7.65. The summed E-state index contributed by atoms with van der Waals surface area (Å²) in [7, 11) is 0. The van der Waals surface area contributed by atoms with Crippen LogP contribution in [0, 0.1) is 0 Å². The number of ether oxygens (including phenoxy) is 1. The zero-order chi connectivity index (χ0) is 21.6. The van der Waals surface area contributed by atoms with Crippen molar-refractivity contribution in [3.05, 3.63) is 65.7 Å². The molecule has 0 spiro atoms. The van der Waals surface area contributed by atoms with Gasteiger partial charge in [-0.05, 0) is 30.0 Å². The molecule has 3 rings (SSSR count). The molecule has 0 radical (unpaired) electrons. The van der Waals surface area contributed by atoms with E-state index in [2.05, 4.69) is 5.32 Å². The quantitative estimate of drug-likeness (QED) is 0.385. The number of nitrogens with zero attached hydrogens (tertiary/aromatic N) is 1. The van der Waals surface area contributed by atoms with Crippen molar-refractivity contribution >= 4 is 17.9 Å². The largest absolute Gasteiger partial charge is 0.425 e. The highest BCUT2D eigenvalue weighted by molar-refractivity contribution is 6.08. The standard InChI is InChI=1S/C24H28N2O4/c1-3-14-24(15-4-2)22(28)26(23(29)25-24)17-21(27)30-20-13-9-8-12-19(20)16-18-10-6-5-7-11-18/h5-13H,3-4,14-17H2,1-2H3,(H,25,29). The molecule has 0 aromatic heterocycles. The van der Waals surface area contributed by atoms with Crippen LogP contribution >= 0.6 is 0 Å². The summed E-state index contributed by atoms with van der Waals surface area (Å²) in [5, 5.41) is 2.81. The monoisotopic (exact) mass is 408 g/mol. The fraction of sp³-hybridized carbons (Fsp3) is 0.375. The summed E-state index contributed by atoms with van der Waals surface area (Å²) in [6.45, 7) is 3.54. The number of para-hydroxylation sites is 1. The summed E-state index contributed by atoms with van der Waals surface area (Å²) < 4.78 is 5.55. The third-order valence-corrected chi connectivity index (χ3v) is 5.32. The Balaban J connectivity index is 1.70. The first kappa shape index (κ1) is 21.6. The number of amides is 3. The molecule has 0 unspecified atom stereocenters. The van der Waals surface area contributed by atoms with Gasteiger partial charge in [0.1, 0.15) is 17.8 Å². The number of benzene rings is 2.